The van der Waals surface area contributed by atoms with Gasteiger partial charge in [0, 0.05) is 5.33 Å². The van der Waals surface area contributed by atoms with Crippen molar-refractivity contribution in [3.8, 4) is 0 Å². The molecule has 0 aromatic heterocycles. The molecule has 0 heterocycles. The van der Waals surface area contributed by atoms with Crippen LogP contribution in [0.1, 0.15) is 13.3 Å². The van der Waals surface area contributed by atoms with E-state index in [1.807, 2.05) is 0 Å². The maximum absolute atomic E-state index is 10.7. The van der Waals surface area contributed by atoms with E-state index >= 15 is 0 Å². The van der Waals surface area contributed by atoms with E-state index in [1.165, 1.54) is 0 Å². The standard InChI is InChI=1S/C7H11BrO2/c1-6(2)5-7(9)10-4-3-8/h1,3-5H2,2H3. The molecule has 58 valence electrons. The Balaban J connectivity index is 3.35. The Hall–Kier alpha value is -0.310. The van der Waals surface area contributed by atoms with Gasteiger partial charge in [-0.25, -0.2) is 0 Å². The molecule has 0 saturated carbocycles. The van der Waals surface area contributed by atoms with E-state index in [2.05, 4.69) is 22.5 Å². The molecule has 0 unspecified atom stereocenters. The Labute approximate surface area is 69.4 Å². The summed E-state index contributed by atoms with van der Waals surface area (Å²) in [6.45, 7) is 5.83. The van der Waals surface area contributed by atoms with Gasteiger partial charge in [0.2, 0.25) is 0 Å². The van der Waals surface area contributed by atoms with E-state index in [4.69, 9.17) is 4.74 Å². The summed E-state index contributed by atoms with van der Waals surface area (Å²) in [5.74, 6) is -0.202. The van der Waals surface area contributed by atoms with Gasteiger partial charge in [-0.3, -0.25) is 4.79 Å². The summed E-state index contributed by atoms with van der Waals surface area (Å²) in [5.41, 5.74) is 0.833. The molecule has 0 aromatic carbocycles. The zero-order valence-corrected chi connectivity index (χ0v) is 7.61. The molecule has 0 N–H and O–H groups in total. The van der Waals surface area contributed by atoms with Gasteiger partial charge in [-0.05, 0) is 6.92 Å². The number of carbonyl (C=O) groups is 1. The van der Waals surface area contributed by atoms with E-state index in [-0.39, 0.29) is 5.97 Å². The Kier molecular flexibility index (Phi) is 5.30. The molecule has 3 heteroatoms. The van der Waals surface area contributed by atoms with Gasteiger partial charge in [0.05, 0.1) is 6.42 Å². The number of hydrogen-bond donors (Lipinski definition) is 0. The summed E-state index contributed by atoms with van der Waals surface area (Å²) in [5, 5.41) is 0.689. The summed E-state index contributed by atoms with van der Waals surface area (Å²) in [6.07, 6.45) is 0.326. The van der Waals surface area contributed by atoms with Crippen molar-refractivity contribution in [2.75, 3.05) is 11.9 Å². The van der Waals surface area contributed by atoms with Crippen LogP contribution >= 0.6 is 15.9 Å². The van der Waals surface area contributed by atoms with Gasteiger partial charge in [0.15, 0.2) is 0 Å². The van der Waals surface area contributed by atoms with E-state index < -0.39 is 0 Å². The number of carbonyl (C=O) groups excluding carboxylic acids is 1. The molecule has 0 rings (SSSR count). The smallest absolute Gasteiger partial charge is 0.309 e. The molecule has 2 nitrogen and oxygen atoms in total. The Morgan fingerprint density at radius 1 is 1.70 bits per heavy atom. The van der Waals surface area contributed by atoms with Gasteiger partial charge in [0.1, 0.15) is 6.61 Å². The molecule has 0 spiro atoms. The molecule has 10 heavy (non-hydrogen) atoms. The average molecular weight is 207 g/mol. The highest BCUT2D eigenvalue weighted by molar-refractivity contribution is 9.09. The van der Waals surface area contributed by atoms with Crippen LogP contribution in [0, 0.1) is 0 Å². The molecule has 0 bridgehead atoms. The Morgan fingerprint density at radius 2 is 2.30 bits per heavy atom. The molecule has 0 aromatic rings. The largest absolute Gasteiger partial charge is 0.465 e. The number of halogens is 1. The van der Waals surface area contributed by atoms with Gasteiger partial charge in [-0.2, -0.15) is 0 Å². The van der Waals surface area contributed by atoms with Crippen LogP contribution in [0.25, 0.3) is 0 Å². The first-order chi connectivity index (χ1) is 4.66. The monoisotopic (exact) mass is 206 g/mol. The molecule has 0 radical (unpaired) electrons. The number of rotatable bonds is 4. The summed E-state index contributed by atoms with van der Waals surface area (Å²) in [6, 6.07) is 0. The molecule has 0 saturated heterocycles. The lowest BCUT2D eigenvalue weighted by Gasteiger charge is -2.00. The predicted octanol–water partition coefficient (Wildman–Crippen LogP) is 1.89. The minimum Gasteiger partial charge on any atom is -0.465 e. The van der Waals surface area contributed by atoms with E-state index in [0.29, 0.717) is 18.4 Å². The lowest BCUT2D eigenvalue weighted by atomic mass is 10.2. The second kappa shape index (κ2) is 5.47. The zero-order chi connectivity index (χ0) is 7.98. The topological polar surface area (TPSA) is 26.3 Å². The van der Waals surface area contributed by atoms with Crippen LogP contribution in [0.5, 0.6) is 0 Å². The van der Waals surface area contributed by atoms with Crippen LogP contribution < -0.4 is 0 Å². The van der Waals surface area contributed by atoms with E-state index in [9.17, 15) is 4.79 Å². The van der Waals surface area contributed by atoms with Crippen molar-refractivity contribution in [2.45, 2.75) is 13.3 Å². The first-order valence-corrected chi connectivity index (χ1v) is 4.15. The van der Waals surface area contributed by atoms with Crippen molar-refractivity contribution in [1.29, 1.82) is 0 Å². The summed E-state index contributed by atoms with van der Waals surface area (Å²) >= 11 is 3.14. The van der Waals surface area contributed by atoms with Crippen LogP contribution in [-0.2, 0) is 9.53 Å². The normalized spacial score (nSPS) is 9.00. The van der Waals surface area contributed by atoms with Crippen molar-refractivity contribution >= 4 is 21.9 Å². The van der Waals surface area contributed by atoms with Crippen molar-refractivity contribution < 1.29 is 9.53 Å². The first-order valence-electron chi connectivity index (χ1n) is 3.02. The second-order valence-corrected chi connectivity index (χ2v) is 2.84. The predicted molar refractivity (Wildman–Crippen MR) is 44.2 cm³/mol. The quantitative estimate of drug-likeness (QED) is 0.399. The molecule has 0 aliphatic heterocycles. The van der Waals surface area contributed by atoms with Crippen LogP contribution in [-0.4, -0.2) is 17.9 Å². The van der Waals surface area contributed by atoms with Gasteiger partial charge in [-0.1, -0.05) is 28.1 Å². The number of ether oxygens (including phenoxy) is 1. The molecule has 0 fully saturated rings. The minimum atomic E-state index is -0.202. The summed E-state index contributed by atoms with van der Waals surface area (Å²) < 4.78 is 4.76. The van der Waals surface area contributed by atoms with Crippen molar-refractivity contribution in [3.05, 3.63) is 12.2 Å². The Bertz CT molecular complexity index is 132. The number of alkyl halides is 1. The maximum atomic E-state index is 10.7. The minimum absolute atomic E-state index is 0.202. The highest BCUT2D eigenvalue weighted by Gasteiger charge is 2.00. The first kappa shape index (κ1) is 9.69. The van der Waals surface area contributed by atoms with E-state index in [0.717, 1.165) is 5.57 Å². The third-order valence-corrected chi connectivity index (χ3v) is 1.11. The molecule has 0 amide bonds. The van der Waals surface area contributed by atoms with E-state index in [1.54, 1.807) is 6.92 Å². The summed E-state index contributed by atoms with van der Waals surface area (Å²) in [4.78, 5) is 10.7. The van der Waals surface area contributed by atoms with Crippen LogP contribution in [0.3, 0.4) is 0 Å². The van der Waals surface area contributed by atoms with Crippen LogP contribution in [0.15, 0.2) is 12.2 Å². The molecular weight excluding hydrogens is 196 g/mol. The lowest BCUT2D eigenvalue weighted by Crippen LogP contribution is -2.06. The van der Waals surface area contributed by atoms with Crippen molar-refractivity contribution in [1.82, 2.24) is 0 Å². The van der Waals surface area contributed by atoms with Gasteiger partial charge in [0.25, 0.3) is 0 Å². The van der Waals surface area contributed by atoms with Crippen LogP contribution in [0.2, 0.25) is 0 Å². The average Bonchev–Trinajstić information content (AvgIpc) is 1.82. The molecule has 0 atom stereocenters. The lowest BCUT2D eigenvalue weighted by molar-refractivity contribution is -0.142. The van der Waals surface area contributed by atoms with Gasteiger partial charge < -0.3 is 4.74 Å². The van der Waals surface area contributed by atoms with Crippen LogP contribution in [0.4, 0.5) is 0 Å². The fraction of sp³-hybridized carbons (Fsp3) is 0.571. The second-order valence-electron chi connectivity index (χ2n) is 2.04. The SMILES string of the molecule is C=C(C)CC(=O)OCCBr. The maximum Gasteiger partial charge on any atom is 0.309 e. The highest BCUT2D eigenvalue weighted by Crippen LogP contribution is 1.97. The zero-order valence-electron chi connectivity index (χ0n) is 6.02. The van der Waals surface area contributed by atoms with Gasteiger partial charge in [-0.15, -0.1) is 0 Å². The van der Waals surface area contributed by atoms with Gasteiger partial charge >= 0.3 is 5.97 Å². The van der Waals surface area contributed by atoms with Crippen molar-refractivity contribution in [2.24, 2.45) is 0 Å². The molecule has 0 aliphatic rings. The van der Waals surface area contributed by atoms with Crippen molar-refractivity contribution in [3.63, 3.8) is 0 Å². The third-order valence-electron chi connectivity index (χ3n) is 0.786. The fourth-order valence-electron chi connectivity index (χ4n) is 0.450. The number of esters is 1. The third kappa shape index (κ3) is 5.82. The fourth-order valence-corrected chi connectivity index (χ4v) is 0.612. The summed E-state index contributed by atoms with van der Waals surface area (Å²) in [7, 11) is 0. The Morgan fingerprint density at radius 3 is 2.70 bits per heavy atom. The molecule has 0 aliphatic carbocycles. The number of hydrogen-bond acceptors (Lipinski definition) is 2. The highest BCUT2D eigenvalue weighted by atomic mass is 79.9. The molecular formula is C7H11BrO2.